The highest BCUT2D eigenvalue weighted by Crippen LogP contribution is 2.18. The minimum absolute atomic E-state index is 0.238. The van der Waals surface area contributed by atoms with Crippen molar-refractivity contribution in [2.45, 2.75) is 73.0 Å². The fourth-order valence-corrected chi connectivity index (χ4v) is 3.22. The van der Waals surface area contributed by atoms with Gasteiger partial charge in [-0.2, -0.15) is 0 Å². The van der Waals surface area contributed by atoms with Gasteiger partial charge in [0.15, 0.2) is 0 Å². The van der Waals surface area contributed by atoms with Crippen molar-refractivity contribution >= 4 is 5.91 Å². The van der Waals surface area contributed by atoms with Crippen LogP contribution in [-0.4, -0.2) is 21.4 Å². The minimum Gasteiger partial charge on any atom is -0.345 e. The molecule has 3 heteroatoms. The summed E-state index contributed by atoms with van der Waals surface area (Å²) < 4.78 is 2.27. The van der Waals surface area contributed by atoms with E-state index in [-0.39, 0.29) is 11.9 Å². The monoisotopic (exact) mass is 354 g/mol. The van der Waals surface area contributed by atoms with Crippen molar-refractivity contribution in [2.24, 2.45) is 5.92 Å². The van der Waals surface area contributed by atoms with Crippen LogP contribution in [0, 0.1) is 12.8 Å². The Morgan fingerprint density at radius 2 is 1.92 bits per heavy atom. The maximum absolute atomic E-state index is 12.8. The van der Waals surface area contributed by atoms with E-state index < -0.39 is 0 Å². The van der Waals surface area contributed by atoms with Gasteiger partial charge in [-0.15, -0.1) is 0 Å². The number of amides is 1. The number of benzene rings is 1. The van der Waals surface area contributed by atoms with Gasteiger partial charge in [-0.3, -0.25) is 4.79 Å². The Labute approximate surface area is 159 Å². The summed E-state index contributed by atoms with van der Waals surface area (Å²) in [5.41, 5.74) is 3.77. The van der Waals surface area contributed by atoms with Gasteiger partial charge in [0.2, 0.25) is 5.91 Å². The predicted molar refractivity (Wildman–Crippen MR) is 109 cm³/mol. The Hall–Kier alpha value is -2.03. The maximum atomic E-state index is 12.8. The molecule has 1 aromatic carbocycles. The summed E-state index contributed by atoms with van der Waals surface area (Å²) in [4.78, 5) is 14.9. The van der Waals surface area contributed by atoms with Crippen molar-refractivity contribution < 1.29 is 4.79 Å². The molecule has 0 bridgehead atoms. The lowest BCUT2D eigenvalue weighted by Gasteiger charge is -2.32. The lowest BCUT2D eigenvalue weighted by atomic mass is 10.0. The molecule has 0 fully saturated rings. The SMILES string of the molecule is CCCCC(=O)N(Cc1cccn1Cc1cccc(C)c1)[C@H](C)C(C)C. The smallest absolute Gasteiger partial charge is 0.223 e. The minimum atomic E-state index is 0.238. The van der Waals surface area contributed by atoms with Crippen LogP contribution < -0.4 is 0 Å². The number of hydrogen-bond acceptors (Lipinski definition) is 1. The molecule has 2 rings (SSSR count). The van der Waals surface area contributed by atoms with Gasteiger partial charge in [-0.25, -0.2) is 0 Å². The maximum Gasteiger partial charge on any atom is 0.223 e. The molecule has 26 heavy (non-hydrogen) atoms. The van der Waals surface area contributed by atoms with Gasteiger partial charge in [-0.1, -0.05) is 57.0 Å². The third-order valence-corrected chi connectivity index (χ3v) is 5.21. The van der Waals surface area contributed by atoms with Crippen LogP contribution in [0.5, 0.6) is 0 Å². The predicted octanol–water partition coefficient (Wildman–Crippen LogP) is 5.41. The number of hydrogen-bond donors (Lipinski definition) is 0. The van der Waals surface area contributed by atoms with Crippen LogP contribution >= 0.6 is 0 Å². The lowest BCUT2D eigenvalue weighted by Crippen LogP contribution is -2.41. The molecule has 0 saturated heterocycles. The van der Waals surface area contributed by atoms with Crippen LogP contribution in [0.2, 0.25) is 0 Å². The molecule has 0 aliphatic heterocycles. The average molecular weight is 355 g/mol. The molecule has 0 spiro atoms. The van der Waals surface area contributed by atoms with Crippen molar-refractivity contribution in [1.29, 1.82) is 0 Å². The van der Waals surface area contributed by atoms with Crippen LogP contribution in [0.4, 0.5) is 0 Å². The number of aromatic nitrogens is 1. The van der Waals surface area contributed by atoms with Gasteiger partial charge in [0.25, 0.3) is 0 Å². The van der Waals surface area contributed by atoms with Gasteiger partial charge >= 0.3 is 0 Å². The molecule has 0 aliphatic rings. The summed E-state index contributed by atoms with van der Waals surface area (Å²) in [6.45, 7) is 12.3. The molecule has 0 saturated carbocycles. The first-order chi connectivity index (χ1) is 12.4. The zero-order valence-electron chi connectivity index (χ0n) is 17.0. The lowest BCUT2D eigenvalue weighted by molar-refractivity contribution is -0.135. The zero-order chi connectivity index (χ0) is 19.1. The van der Waals surface area contributed by atoms with Crippen LogP contribution in [0.15, 0.2) is 42.6 Å². The summed E-state index contributed by atoms with van der Waals surface area (Å²) in [5, 5.41) is 0. The molecule has 142 valence electrons. The Morgan fingerprint density at radius 1 is 1.15 bits per heavy atom. The summed E-state index contributed by atoms with van der Waals surface area (Å²) in [6.07, 6.45) is 4.78. The molecule has 3 nitrogen and oxygen atoms in total. The van der Waals surface area contributed by atoms with Gasteiger partial charge < -0.3 is 9.47 Å². The van der Waals surface area contributed by atoms with E-state index in [9.17, 15) is 4.79 Å². The molecular formula is C23H34N2O. The second-order valence-corrected chi connectivity index (χ2v) is 7.73. The highest BCUT2D eigenvalue weighted by Gasteiger charge is 2.23. The molecule has 0 unspecified atom stereocenters. The summed E-state index contributed by atoms with van der Waals surface area (Å²) in [5.74, 6) is 0.720. The Balaban J connectivity index is 2.18. The van der Waals surface area contributed by atoms with Gasteiger partial charge in [0.05, 0.1) is 6.54 Å². The van der Waals surface area contributed by atoms with E-state index in [1.807, 2.05) is 0 Å². The molecule has 0 aliphatic carbocycles. The number of nitrogens with zero attached hydrogens (tertiary/aromatic N) is 2. The number of rotatable bonds is 9. The van der Waals surface area contributed by atoms with E-state index in [0.29, 0.717) is 18.9 Å². The largest absolute Gasteiger partial charge is 0.345 e. The third-order valence-electron chi connectivity index (χ3n) is 5.21. The third kappa shape index (κ3) is 5.48. The van der Waals surface area contributed by atoms with Crippen molar-refractivity contribution in [2.75, 3.05) is 0 Å². The molecule has 1 heterocycles. The standard InChI is InChI=1S/C23H34N2O/c1-6-7-13-23(26)25(20(5)18(2)3)17-22-12-9-14-24(22)16-21-11-8-10-19(4)15-21/h8-12,14-15,18,20H,6-7,13,16-17H2,1-5H3/t20-/m1/s1. The first kappa shape index (κ1) is 20.3. The first-order valence-corrected chi connectivity index (χ1v) is 9.91. The molecule has 1 aromatic heterocycles. The summed E-state index contributed by atoms with van der Waals surface area (Å²) >= 11 is 0. The Morgan fingerprint density at radius 3 is 2.58 bits per heavy atom. The fourth-order valence-electron chi connectivity index (χ4n) is 3.22. The molecule has 0 radical (unpaired) electrons. The van der Waals surface area contributed by atoms with E-state index in [1.165, 1.54) is 16.8 Å². The zero-order valence-corrected chi connectivity index (χ0v) is 17.0. The van der Waals surface area contributed by atoms with Crippen molar-refractivity contribution in [3.8, 4) is 0 Å². The number of carbonyl (C=O) groups excluding carboxylic acids is 1. The van der Waals surface area contributed by atoms with E-state index in [4.69, 9.17) is 0 Å². The number of aryl methyl sites for hydroxylation is 1. The average Bonchev–Trinajstić information content (AvgIpc) is 3.03. The van der Waals surface area contributed by atoms with Gasteiger partial charge in [-0.05, 0) is 43.9 Å². The highest BCUT2D eigenvalue weighted by atomic mass is 16.2. The van der Waals surface area contributed by atoms with Crippen molar-refractivity contribution in [1.82, 2.24) is 9.47 Å². The molecule has 0 N–H and O–H groups in total. The Bertz CT molecular complexity index is 702. The van der Waals surface area contributed by atoms with Gasteiger partial charge in [0.1, 0.15) is 0 Å². The van der Waals surface area contributed by atoms with Crippen LogP contribution in [0.1, 0.15) is 63.8 Å². The topological polar surface area (TPSA) is 25.2 Å². The molecule has 1 atom stereocenters. The quantitative estimate of drug-likeness (QED) is 0.591. The van der Waals surface area contributed by atoms with Crippen LogP contribution in [0.3, 0.4) is 0 Å². The number of unbranched alkanes of at least 4 members (excludes halogenated alkanes) is 1. The Kier molecular flexibility index (Phi) is 7.50. The first-order valence-electron chi connectivity index (χ1n) is 9.91. The molecule has 1 amide bonds. The summed E-state index contributed by atoms with van der Waals surface area (Å²) in [7, 11) is 0. The normalized spacial score (nSPS) is 12.4. The highest BCUT2D eigenvalue weighted by molar-refractivity contribution is 5.76. The molecular weight excluding hydrogens is 320 g/mol. The van der Waals surface area contributed by atoms with E-state index >= 15 is 0 Å². The number of carbonyl (C=O) groups is 1. The summed E-state index contributed by atoms with van der Waals surface area (Å²) in [6, 6.07) is 13.1. The van der Waals surface area contributed by atoms with E-state index in [2.05, 4.69) is 86.7 Å². The van der Waals surface area contributed by atoms with Crippen molar-refractivity contribution in [3.63, 3.8) is 0 Å². The second-order valence-electron chi connectivity index (χ2n) is 7.73. The van der Waals surface area contributed by atoms with Crippen LogP contribution in [-0.2, 0) is 17.9 Å². The van der Waals surface area contributed by atoms with Gasteiger partial charge in [0, 0.05) is 30.9 Å². The van der Waals surface area contributed by atoms with Crippen molar-refractivity contribution in [3.05, 3.63) is 59.4 Å². The van der Waals surface area contributed by atoms with Crippen LogP contribution in [0.25, 0.3) is 0 Å². The molecule has 2 aromatic rings. The van der Waals surface area contributed by atoms with E-state index in [1.54, 1.807) is 0 Å². The second kappa shape index (κ2) is 9.61. The van der Waals surface area contributed by atoms with E-state index in [0.717, 1.165) is 19.4 Å². The fraction of sp³-hybridized carbons (Fsp3) is 0.522.